The molecule has 1 saturated heterocycles. The molecular weight excluding hydrogens is 632 g/mol. The summed E-state index contributed by atoms with van der Waals surface area (Å²) in [4.78, 5) is 20.4. The van der Waals surface area contributed by atoms with E-state index in [1.807, 2.05) is 69.8 Å². The average molecular weight is 673 g/mol. The number of hydrogen-bond acceptors (Lipinski definition) is 7. The first-order valence-corrected chi connectivity index (χ1v) is 17.6. The van der Waals surface area contributed by atoms with Gasteiger partial charge in [0.2, 0.25) is 0 Å². The van der Waals surface area contributed by atoms with E-state index in [0.717, 1.165) is 92.8 Å². The number of hydrogen-bond donors (Lipinski definition) is 2. The zero-order valence-corrected chi connectivity index (χ0v) is 29.0. The Balaban J connectivity index is 1.31. The Morgan fingerprint density at radius 2 is 1.74 bits per heavy atom. The van der Waals surface area contributed by atoms with Gasteiger partial charge < -0.3 is 19.8 Å². The quantitative estimate of drug-likeness (QED) is 0.180. The van der Waals surface area contributed by atoms with E-state index in [0.29, 0.717) is 22.5 Å². The smallest absolute Gasteiger partial charge is 0.337 e. The molecule has 3 aromatic carbocycles. The van der Waals surface area contributed by atoms with Crippen LogP contribution in [-0.4, -0.2) is 66.7 Å². The largest absolute Gasteiger partial charge is 0.479 e. The molecule has 0 amide bonds. The highest BCUT2D eigenvalue weighted by molar-refractivity contribution is 7.22. The number of benzene rings is 3. The first-order chi connectivity index (χ1) is 22.4. The molecule has 1 aliphatic carbocycles. The van der Waals surface area contributed by atoms with Crippen LogP contribution in [0.25, 0.3) is 42.8 Å². The number of carboxylic acid groups (broad SMARTS) is 1. The molecule has 7 rings (SSSR count). The highest BCUT2D eigenvalue weighted by Gasteiger charge is 2.36. The van der Waals surface area contributed by atoms with Gasteiger partial charge in [-0.2, -0.15) is 5.10 Å². The van der Waals surface area contributed by atoms with E-state index < -0.39 is 17.7 Å². The molecule has 246 valence electrons. The maximum Gasteiger partial charge on any atom is 0.337 e. The minimum Gasteiger partial charge on any atom is -0.479 e. The Bertz CT molecular complexity index is 1960. The number of halogens is 1. The maximum atomic E-state index is 12.7. The normalized spacial score (nSPS) is 20.1. The molecule has 0 spiro atoms. The summed E-state index contributed by atoms with van der Waals surface area (Å²) < 4.78 is 9.07. The lowest BCUT2D eigenvalue weighted by molar-refractivity contribution is -0.160. The molecule has 0 unspecified atom stereocenters. The van der Waals surface area contributed by atoms with Crippen molar-refractivity contribution in [3.63, 3.8) is 0 Å². The Labute approximate surface area is 283 Å². The van der Waals surface area contributed by atoms with Crippen LogP contribution in [0.15, 0.2) is 48.5 Å². The molecule has 10 heteroatoms. The number of aliphatic hydroxyl groups is 1. The lowest BCUT2D eigenvalue weighted by atomic mass is 9.84. The van der Waals surface area contributed by atoms with E-state index in [9.17, 15) is 15.0 Å². The van der Waals surface area contributed by atoms with E-state index >= 15 is 0 Å². The lowest BCUT2D eigenvalue weighted by Gasteiger charge is -2.43. The van der Waals surface area contributed by atoms with Crippen molar-refractivity contribution < 1.29 is 19.7 Å². The van der Waals surface area contributed by atoms with Crippen LogP contribution in [0.1, 0.15) is 75.3 Å². The highest BCUT2D eigenvalue weighted by atomic mass is 35.5. The van der Waals surface area contributed by atoms with Gasteiger partial charge in [-0.25, -0.2) is 9.78 Å². The monoisotopic (exact) mass is 672 g/mol. The van der Waals surface area contributed by atoms with Crippen molar-refractivity contribution in [3.05, 3.63) is 70.4 Å². The number of piperidine rings is 1. The second-order valence-corrected chi connectivity index (χ2v) is 15.6. The van der Waals surface area contributed by atoms with Crippen molar-refractivity contribution in [2.45, 2.75) is 83.1 Å². The van der Waals surface area contributed by atoms with Crippen molar-refractivity contribution in [1.82, 2.24) is 19.7 Å². The van der Waals surface area contributed by atoms with Gasteiger partial charge in [-0.3, -0.25) is 4.68 Å². The molecule has 3 heterocycles. The predicted octanol–water partition coefficient (Wildman–Crippen LogP) is 8.12. The number of aliphatic carboxylic acids is 1. The number of aryl methyl sites for hydroxylation is 2. The third-order valence-electron chi connectivity index (χ3n) is 9.67. The maximum absolute atomic E-state index is 12.7. The molecular formula is C37H41ClN4O4S. The number of carboxylic acids is 1. The van der Waals surface area contributed by atoms with Gasteiger partial charge in [-0.15, -0.1) is 11.3 Å². The average Bonchev–Trinajstić information content (AvgIpc) is 3.58. The highest BCUT2D eigenvalue weighted by Crippen LogP contribution is 2.45. The fraction of sp³-hybridized carbons (Fsp3) is 0.432. The van der Waals surface area contributed by atoms with Crippen LogP contribution >= 0.6 is 22.9 Å². The molecule has 47 heavy (non-hydrogen) atoms. The number of fused-ring (bicyclic) bond motifs is 2. The summed E-state index contributed by atoms with van der Waals surface area (Å²) in [5, 5.41) is 27.8. The van der Waals surface area contributed by atoms with Gasteiger partial charge in [0.15, 0.2) is 6.10 Å². The van der Waals surface area contributed by atoms with E-state index in [-0.39, 0.29) is 6.10 Å². The van der Waals surface area contributed by atoms with Gasteiger partial charge in [0, 0.05) is 46.1 Å². The number of ether oxygens (including phenoxy) is 1. The Morgan fingerprint density at radius 3 is 2.38 bits per heavy atom. The van der Waals surface area contributed by atoms with Crippen LogP contribution in [0.2, 0.25) is 5.02 Å². The Hall–Kier alpha value is -3.34. The zero-order valence-electron chi connectivity index (χ0n) is 27.5. The fourth-order valence-corrected chi connectivity index (χ4v) is 8.53. The van der Waals surface area contributed by atoms with Crippen molar-refractivity contribution in [1.29, 1.82) is 0 Å². The number of carbonyl (C=O) groups is 1. The minimum absolute atomic E-state index is 0.133. The first-order valence-electron chi connectivity index (χ1n) is 16.4. The first kappa shape index (κ1) is 32.2. The molecule has 2 aliphatic rings. The number of likely N-dealkylation sites (tertiary alicyclic amines) is 1. The SMILES string of the molecule is Cc1cc2nc(-c3ccc4c(c3)c(C3CCN([C@H]5C[C@@H](O)C5)CC3)nn4C)sc2c(-c2ccc(Cl)cc2)c1[C@H](OC(C)(C)C)C(=O)O. The summed E-state index contributed by atoms with van der Waals surface area (Å²) >= 11 is 7.85. The molecule has 1 atom stereocenters. The summed E-state index contributed by atoms with van der Waals surface area (Å²) in [6.45, 7) is 9.61. The van der Waals surface area contributed by atoms with Gasteiger partial charge >= 0.3 is 5.97 Å². The molecule has 2 N–H and O–H groups in total. The van der Waals surface area contributed by atoms with Crippen LogP contribution in [0.3, 0.4) is 0 Å². The number of rotatable bonds is 7. The lowest BCUT2D eigenvalue weighted by Crippen LogP contribution is -2.49. The van der Waals surface area contributed by atoms with E-state index in [4.69, 9.17) is 26.4 Å². The van der Waals surface area contributed by atoms with Crippen LogP contribution in [0.5, 0.6) is 0 Å². The zero-order chi connectivity index (χ0) is 33.2. The Kier molecular flexibility index (Phi) is 8.42. The summed E-state index contributed by atoms with van der Waals surface area (Å²) in [7, 11) is 2.01. The van der Waals surface area contributed by atoms with Crippen molar-refractivity contribution in [2.75, 3.05) is 13.1 Å². The molecule has 0 bridgehead atoms. The number of aromatic nitrogens is 3. The molecule has 1 aliphatic heterocycles. The minimum atomic E-state index is -1.16. The third kappa shape index (κ3) is 6.20. The number of thiazole rings is 1. The summed E-state index contributed by atoms with van der Waals surface area (Å²) in [5.41, 5.74) is 6.50. The fourth-order valence-electron chi connectivity index (χ4n) is 7.28. The molecule has 2 aromatic heterocycles. The van der Waals surface area contributed by atoms with Crippen LogP contribution in [0.4, 0.5) is 0 Å². The summed E-state index contributed by atoms with van der Waals surface area (Å²) in [6, 6.07) is 16.5. The van der Waals surface area contributed by atoms with Crippen molar-refractivity contribution >= 4 is 50.0 Å². The van der Waals surface area contributed by atoms with Crippen LogP contribution in [-0.2, 0) is 16.6 Å². The number of aliphatic hydroxyl groups excluding tert-OH is 1. The summed E-state index contributed by atoms with van der Waals surface area (Å²) in [5.74, 6) is -0.656. The molecule has 5 aromatic rings. The van der Waals surface area contributed by atoms with Gasteiger partial charge in [-0.05, 0) is 114 Å². The molecule has 2 fully saturated rings. The second-order valence-electron chi connectivity index (χ2n) is 14.1. The molecule has 8 nitrogen and oxygen atoms in total. The topological polar surface area (TPSA) is 101 Å². The summed E-state index contributed by atoms with van der Waals surface area (Å²) in [6.07, 6.45) is 2.60. The Morgan fingerprint density at radius 1 is 1.06 bits per heavy atom. The molecule has 0 radical (unpaired) electrons. The van der Waals surface area contributed by atoms with Gasteiger partial charge in [0.25, 0.3) is 0 Å². The second kappa shape index (κ2) is 12.3. The van der Waals surface area contributed by atoms with E-state index in [1.165, 1.54) is 0 Å². The van der Waals surface area contributed by atoms with Gasteiger partial charge in [-0.1, -0.05) is 23.7 Å². The predicted molar refractivity (Wildman–Crippen MR) is 188 cm³/mol. The van der Waals surface area contributed by atoms with Gasteiger partial charge in [0.1, 0.15) is 5.01 Å². The third-order valence-corrected chi connectivity index (χ3v) is 11.1. The standard InChI is InChI=1S/C37H41ClN4O4S/c1-20-16-28-34(31(21-6-9-24(38)10-7-21)30(20)33(36(44)45)46-37(2,3)4)47-35(39-28)23-8-11-29-27(17-23)32(40-41(29)5)22-12-14-42(15-13-22)25-18-26(43)19-25/h6-11,16-17,22,25-26,33,43H,12-15,18-19H2,1-5H3,(H,44,45)/t25-,26+,33-/m0/s1. The molecule has 1 saturated carbocycles. The van der Waals surface area contributed by atoms with E-state index in [2.05, 4.69) is 23.1 Å². The van der Waals surface area contributed by atoms with Crippen LogP contribution < -0.4 is 0 Å². The van der Waals surface area contributed by atoms with Crippen molar-refractivity contribution in [3.8, 4) is 21.7 Å². The van der Waals surface area contributed by atoms with Crippen LogP contribution in [0, 0.1) is 6.92 Å². The van der Waals surface area contributed by atoms with E-state index in [1.54, 1.807) is 11.3 Å². The van der Waals surface area contributed by atoms with Crippen molar-refractivity contribution in [2.24, 2.45) is 7.05 Å². The van der Waals surface area contributed by atoms with Gasteiger partial charge in [0.05, 0.1) is 33.1 Å². The number of nitrogens with zero attached hydrogens (tertiary/aromatic N) is 4.